The maximum Gasteiger partial charge on any atom is 0.372 e. The van der Waals surface area contributed by atoms with Crippen LogP contribution in [0.25, 0.3) is 0 Å². The van der Waals surface area contributed by atoms with E-state index < -0.39 is 17.6 Å². The van der Waals surface area contributed by atoms with E-state index in [1.54, 1.807) is 0 Å². The highest BCUT2D eigenvalue weighted by Crippen LogP contribution is 1.92. The molecule has 8 heavy (non-hydrogen) atoms. The number of hydrogen-bond acceptors (Lipinski definition) is 2. The van der Waals surface area contributed by atoms with Crippen LogP contribution < -0.4 is 0 Å². The van der Waals surface area contributed by atoms with E-state index in [0.717, 1.165) is 0 Å². The molecular formula is C5H8O3. The molecule has 0 unspecified atom stereocenters. The van der Waals surface area contributed by atoms with Gasteiger partial charge in [0, 0.05) is 7.26 Å². The third-order valence-corrected chi connectivity index (χ3v) is 0.648. The molecule has 0 heterocycles. The van der Waals surface area contributed by atoms with Crippen LogP contribution in [0.5, 0.6) is 0 Å². The predicted octanol–water partition coefficient (Wildman–Crippen LogP) is 0.296. The molecule has 0 aliphatic heterocycles. The zero-order valence-electron chi connectivity index (χ0n) is 5.76. The molecule has 1 N–H and O–H groups in total. The second-order valence-corrected chi connectivity index (χ2v) is 1.63. The van der Waals surface area contributed by atoms with Crippen LogP contribution in [0.3, 0.4) is 0 Å². The lowest BCUT2D eigenvalue weighted by atomic mass is 10.1. The molecule has 0 saturated carbocycles. The molecule has 0 atom stereocenters. The Balaban J connectivity index is 4.23. The summed E-state index contributed by atoms with van der Waals surface area (Å²) in [6, 6.07) is 0. The number of carboxylic acids is 1. The number of ketones is 1. The zero-order valence-corrected chi connectivity index (χ0v) is 4.76. The molecule has 0 amide bonds. The maximum atomic E-state index is 10.4. The minimum Gasteiger partial charge on any atom is -0.475 e. The second kappa shape index (κ2) is 2.45. The van der Waals surface area contributed by atoms with Crippen LogP contribution in [-0.2, 0) is 9.59 Å². The SMILES string of the molecule is [2H]C(C)(C)C(=O)C(=O)O. The van der Waals surface area contributed by atoms with Crippen molar-refractivity contribution >= 4 is 11.8 Å². The summed E-state index contributed by atoms with van der Waals surface area (Å²) in [6.07, 6.45) is 0. The smallest absolute Gasteiger partial charge is 0.372 e. The van der Waals surface area contributed by atoms with E-state index in [1.807, 2.05) is 0 Å². The average molecular weight is 117 g/mol. The molecule has 0 aromatic carbocycles. The predicted molar refractivity (Wildman–Crippen MR) is 27.5 cm³/mol. The van der Waals surface area contributed by atoms with Crippen molar-refractivity contribution in [3.63, 3.8) is 0 Å². The standard InChI is InChI=1S/C5H8O3/c1-3(2)4(6)5(7)8/h3H,1-2H3,(H,7,8)/i3D. The molecule has 0 aromatic rings. The van der Waals surface area contributed by atoms with E-state index in [2.05, 4.69) is 0 Å². The fourth-order valence-corrected chi connectivity index (χ4v) is 0.214. The fraction of sp³-hybridized carbons (Fsp3) is 0.600. The van der Waals surface area contributed by atoms with Gasteiger partial charge in [-0.1, -0.05) is 13.8 Å². The average Bonchev–Trinajstić information content (AvgIpc) is 1.62. The highest BCUT2D eigenvalue weighted by Gasteiger charge is 2.14. The second-order valence-electron chi connectivity index (χ2n) is 1.63. The molecule has 0 aromatic heterocycles. The highest BCUT2D eigenvalue weighted by atomic mass is 16.4. The molecular weight excluding hydrogens is 108 g/mol. The Morgan fingerprint density at radius 3 is 2.00 bits per heavy atom. The normalized spacial score (nSPS) is 12.5. The summed E-state index contributed by atoms with van der Waals surface area (Å²) >= 11 is 0. The van der Waals surface area contributed by atoms with Gasteiger partial charge in [0.25, 0.3) is 0 Å². The van der Waals surface area contributed by atoms with Gasteiger partial charge in [0.2, 0.25) is 5.78 Å². The van der Waals surface area contributed by atoms with Gasteiger partial charge in [0.05, 0.1) is 0 Å². The van der Waals surface area contributed by atoms with Crippen LogP contribution in [0.1, 0.15) is 15.2 Å². The lowest BCUT2D eigenvalue weighted by molar-refractivity contribution is -0.150. The molecule has 3 heteroatoms. The number of carbonyl (C=O) groups is 2. The zero-order chi connectivity index (χ0) is 7.65. The Hall–Kier alpha value is -0.860. The summed E-state index contributed by atoms with van der Waals surface area (Å²) < 4.78 is 6.94. The van der Waals surface area contributed by atoms with Crippen LogP contribution in [-0.4, -0.2) is 16.9 Å². The van der Waals surface area contributed by atoms with Crippen molar-refractivity contribution < 1.29 is 16.1 Å². The Morgan fingerprint density at radius 1 is 1.62 bits per heavy atom. The third kappa shape index (κ3) is 1.73. The molecule has 0 spiro atoms. The van der Waals surface area contributed by atoms with Gasteiger partial charge in [0.1, 0.15) is 0 Å². The first kappa shape index (κ1) is 5.28. The quantitative estimate of drug-likeness (QED) is 0.529. The van der Waals surface area contributed by atoms with Crippen molar-refractivity contribution in [2.24, 2.45) is 5.89 Å². The first-order valence-corrected chi connectivity index (χ1v) is 2.13. The molecule has 0 saturated heterocycles. The minimum absolute atomic E-state index is 1.08. The van der Waals surface area contributed by atoms with Crippen LogP contribution >= 0.6 is 0 Å². The third-order valence-electron chi connectivity index (χ3n) is 0.648. The van der Waals surface area contributed by atoms with Crippen molar-refractivity contribution in [1.82, 2.24) is 0 Å². The fourth-order valence-electron chi connectivity index (χ4n) is 0.214. The van der Waals surface area contributed by atoms with Crippen molar-refractivity contribution in [2.45, 2.75) is 13.8 Å². The van der Waals surface area contributed by atoms with Gasteiger partial charge in [-0.05, 0) is 0 Å². The molecule has 0 aliphatic carbocycles. The largest absolute Gasteiger partial charge is 0.475 e. The number of aliphatic carboxylic acids is 1. The molecule has 0 rings (SSSR count). The van der Waals surface area contributed by atoms with E-state index in [1.165, 1.54) is 13.8 Å². The summed E-state index contributed by atoms with van der Waals surface area (Å²) in [4.78, 5) is 20.3. The van der Waals surface area contributed by atoms with E-state index in [-0.39, 0.29) is 0 Å². The van der Waals surface area contributed by atoms with Crippen LogP contribution in [0, 0.1) is 5.89 Å². The highest BCUT2D eigenvalue weighted by molar-refractivity contribution is 6.33. The molecule has 0 fully saturated rings. The lowest BCUT2D eigenvalue weighted by Gasteiger charge is -1.93. The van der Waals surface area contributed by atoms with E-state index in [9.17, 15) is 9.59 Å². The number of carbonyl (C=O) groups excluding carboxylic acids is 1. The van der Waals surface area contributed by atoms with Gasteiger partial charge in [-0.3, -0.25) is 4.79 Å². The van der Waals surface area contributed by atoms with Crippen molar-refractivity contribution in [1.29, 1.82) is 0 Å². The molecule has 46 valence electrons. The van der Waals surface area contributed by atoms with Gasteiger partial charge in [-0.15, -0.1) is 0 Å². The van der Waals surface area contributed by atoms with Crippen LogP contribution in [0.2, 0.25) is 0 Å². The summed E-state index contributed by atoms with van der Waals surface area (Å²) in [6.45, 7) is 2.48. The number of Topliss-reactive ketones (excluding diaryl/α,β-unsaturated/α-hetero) is 1. The van der Waals surface area contributed by atoms with E-state index in [4.69, 9.17) is 6.48 Å². The van der Waals surface area contributed by atoms with E-state index in [0.29, 0.717) is 0 Å². The first-order chi connectivity index (χ1) is 3.85. The van der Waals surface area contributed by atoms with Gasteiger partial charge < -0.3 is 5.11 Å². The van der Waals surface area contributed by atoms with Crippen molar-refractivity contribution in [3.8, 4) is 0 Å². The summed E-state index contributed by atoms with van der Waals surface area (Å²) in [7, 11) is 0. The number of hydrogen-bond donors (Lipinski definition) is 1. The van der Waals surface area contributed by atoms with Gasteiger partial charge >= 0.3 is 5.97 Å². The van der Waals surface area contributed by atoms with Gasteiger partial charge in [-0.2, -0.15) is 0 Å². The Morgan fingerprint density at radius 2 is 2.00 bits per heavy atom. The van der Waals surface area contributed by atoms with Gasteiger partial charge in [0.15, 0.2) is 0 Å². The van der Waals surface area contributed by atoms with Crippen LogP contribution in [0.15, 0.2) is 0 Å². The number of rotatable bonds is 2. The Labute approximate surface area is 48.7 Å². The molecule has 0 aliphatic rings. The Kier molecular flexibility index (Phi) is 1.62. The maximum absolute atomic E-state index is 10.4. The first-order valence-electron chi connectivity index (χ1n) is 2.63. The summed E-state index contributed by atoms with van der Waals surface area (Å²) in [5.41, 5.74) is 0. The number of carboxylic acid groups (broad SMARTS) is 1. The molecule has 3 nitrogen and oxygen atoms in total. The van der Waals surface area contributed by atoms with E-state index >= 15 is 0 Å². The molecule has 0 bridgehead atoms. The monoisotopic (exact) mass is 117 g/mol. The molecule has 0 radical (unpaired) electrons. The van der Waals surface area contributed by atoms with Crippen molar-refractivity contribution in [2.75, 3.05) is 0 Å². The minimum atomic E-state index is -1.55. The lowest BCUT2D eigenvalue weighted by Crippen LogP contribution is -2.18. The van der Waals surface area contributed by atoms with Crippen molar-refractivity contribution in [3.05, 3.63) is 0 Å². The van der Waals surface area contributed by atoms with Crippen LogP contribution in [0.4, 0.5) is 0 Å². The van der Waals surface area contributed by atoms with Gasteiger partial charge in [-0.25, -0.2) is 4.79 Å². The topological polar surface area (TPSA) is 54.4 Å². The Bertz CT molecular complexity index is 145. The summed E-state index contributed by atoms with van der Waals surface area (Å²) in [5.74, 6) is -4.14. The summed E-state index contributed by atoms with van der Waals surface area (Å²) in [5, 5.41) is 8.05.